The minimum atomic E-state index is 0.871. The molecule has 3 heteroatoms. The Morgan fingerprint density at radius 1 is 0.415 bits per heavy atom. The minimum absolute atomic E-state index is 0.871. The van der Waals surface area contributed by atoms with E-state index in [0.29, 0.717) is 0 Å². The van der Waals surface area contributed by atoms with Crippen molar-refractivity contribution >= 4 is 82.4 Å². The molecule has 0 unspecified atom stereocenters. The van der Waals surface area contributed by atoms with Crippen LogP contribution in [-0.2, 0) is 0 Å². The maximum absolute atomic E-state index is 6.82. The SMILES string of the molecule is c1ccc(-c2ccc(N(c3ccc4ccc5ccccc5c4c3)c3cccc4c3c3ccccc3n4-c3ccccc3)c3c2oc2ccccc23)cc1. The number of rotatable bonds is 5. The van der Waals surface area contributed by atoms with Crippen molar-refractivity contribution in [1.29, 1.82) is 0 Å². The van der Waals surface area contributed by atoms with Crippen molar-refractivity contribution in [2.75, 3.05) is 4.90 Å². The third-order valence-electron chi connectivity index (χ3n) is 10.7. The van der Waals surface area contributed by atoms with E-state index in [1.54, 1.807) is 0 Å². The number of fused-ring (bicyclic) bond motifs is 9. The molecule has 0 N–H and O–H groups in total. The molecule has 11 rings (SSSR count). The van der Waals surface area contributed by atoms with E-state index in [1.165, 1.54) is 37.8 Å². The van der Waals surface area contributed by atoms with Gasteiger partial charge in [0.15, 0.2) is 0 Å². The van der Waals surface area contributed by atoms with Crippen LogP contribution in [0.4, 0.5) is 17.1 Å². The van der Waals surface area contributed by atoms with E-state index in [-0.39, 0.29) is 0 Å². The fraction of sp³-hybridized carbons (Fsp3) is 0. The second kappa shape index (κ2) is 11.7. The Morgan fingerprint density at radius 2 is 1.06 bits per heavy atom. The zero-order chi connectivity index (χ0) is 34.9. The summed E-state index contributed by atoms with van der Waals surface area (Å²) in [5.41, 5.74) is 10.7. The van der Waals surface area contributed by atoms with E-state index in [1.807, 2.05) is 0 Å². The molecule has 0 fully saturated rings. The van der Waals surface area contributed by atoms with Crippen LogP contribution in [0.1, 0.15) is 0 Å². The van der Waals surface area contributed by atoms with Crippen LogP contribution in [0, 0.1) is 0 Å². The molecule has 2 aromatic heterocycles. The number of aromatic nitrogens is 1. The molecular formula is C50H32N2O. The first-order chi connectivity index (χ1) is 26.3. The maximum atomic E-state index is 6.82. The number of benzene rings is 9. The van der Waals surface area contributed by atoms with Gasteiger partial charge in [0.25, 0.3) is 0 Å². The lowest BCUT2D eigenvalue weighted by molar-refractivity contribution is 0.670. The molecule has 0 bridgehead atoms. The molecule has 11 aromatic rings. The molecule has 0 saturated carbocycles. The van der Waals surface area contributed by atoms with Crippen molar-refractivity contribution in [2.45, 2.75) is 0 Å². The van der Waals surface area contributed by atoms with Crippen LogP contribution in [0.15, 0.2) is 199 Å². The topological polar surface area (TPSA) is 21.3 Å². The van der Waals surface area contributed by atoms with Crippen LogP contribution in [0.2, 0.25) is 0 Å². The minimum Gasteiger partial charge on any atom is -0.455 e. The Kier molecular flexibility index (Phi) is 6.55. The molecule has 3 nitrogen and oxygen atoms in total. The van der Waals surface area contributed by atoms with E-state index in [0.717, 1.165) is 61.3 Å². The standard InChI is InChI=1S/C50H32N2O/c1-3-14-33(15-4-1)39-30-31-46(49-41-21-10-12-25-47(41)53-50(39)49)52(37-29-28-35-27-26-34-16-7-8-19-38(34)42(35)32-37)45-24-13-23-44-48(45)40-20-9-11-22-43(40)51(44)36-17-5-2-6-18-36/h1-32H. The van der Waals surface area contributed by atoms with Crippen LogP contribution in [0.3, 0.4) is 0 Å². The Balaban J connectivity index is 1.29. The average molecular weight is 677 g/mol. The summed E-state index contributed by atoms with van der Waals surface area (Å²) in [5.74, 6) is 0. The third kappa shape index (κ3) is 4.54. The summed E-state index contributed by atoms with van der Waals surface area (Å²) in [6, 6.07) is 69.7. The zero-order valence-electron chi connectivity index (χ0n) is 28.8. The number of nitrogens with zero attached hydrogens (tertiary/aromatic N) is 2. The molecule has 53 heavy (non-hydrogen) atoms. The Morgan fingerprint density at radius 3 is 1.91 bits per heavy atom. The highest BCUT2D eigenvalue weighted by Crippen LogP contribution is 2.49. The van der Waals surface area contributed by atoms with Crippen molar-refractivity contribution in [1.82, 2.24) is 4.57 Å². The van der Waals surface area contributed by atoms with Gasteiger partial charge >= 0.3 is 0 Å². The van der Waals surface area contributed by atoms with E-state index >= 15 is 0 Å². The predicted molar refractivity (Wildman–Crippen MR) is 223 cm³/mol. The van der Waals surface area contributed by atoms with Crippen molar-refractivity contribution in [2.24, 2.45) is 0 Å². The highest BCUT2D eigenvalue weighted by molar-refractivity contribution is 6.21. The Bertz CT molecular complexity index is 3160. The van der Waals surface area contributed by atoms with Gasteiger partial charge in [-0.05, 0) is 87.8 Å². The van der Waals surface area contributed by atoms with Gasteiger partial charge in [0.05, 0.1) is 27.8 Å². The van der Waals surface area contributed by atoms with Gasteiger partial charge < -0.3 is 13.9 Å². The second-order valence-electron chi connectivity index (χ2n) is 13.7. The zero-order valence-corrected chi connectivity index (χ0v) is 28.8. The molecule has 0 aliphatic heterocycles. The summed E-state index contributed by atoms with van der Waals surface area (Å²) in [7, 11) is 0. The molecule has 2 heterocycles. The van der Waals surface area contributed by atoms with Gasteiger partial charge in [0.2, 0.25) is 0 Å². The molecule has 0 atom stereocenters. The first kappa shape index (κ1) is 29.6. The molecule has 248 valence electrons. The van der Waals surface area contributed by atoms with E-state index in [2.05, 4.69) is 204 Å². The molecule has 0 amide bonds. The average Bonchev–Trinajstić information content (AvgIpc) is 3.79. The lowest BCUT2D eigenvalue weighted by Crippen LogP contribution is -2.11. The highest BCUT2D eigenvalue weighted by atomic mass is 16.3. The largest absolute Gasteiger partial charge is 0.455 e. The van der Waals surface area contributed by atoms with Crippen molar-refractivity contribution in [3.8, 4) is 16.8 Å². The number of hydrogen-bond donors (Lipinski definition) is 0. The number of para-hydroxylation sites is 3. The van der Waals surface area contributed by atoms with Crippen molar-refractivity contribution < 1.29 is 4.42 Å². The predicted octanol–water partition coefficient (Wildman–Crippen LogP) is 14.1. The molecule has 0 aliphatic carbocycles. The van der Waals surface area contributed by atoms with Crippen molar-refractivity contribution in [3.05, 3.63) is 194 Å². The Hall–Kier alpha value is -7.10. The fourth-order valence-electron chi connectivity index (χ4n) is 8.42. The summed E-state index contributed by atoms with van der Waals surface area (Å²) < 4.78 is 9.21. The van der Waals surface area contributed by atoms with Crippen LogP contribution >= 0.6 is 0 Å². The summed E-state index contributed by atoms with van der Waals surface area (Å²) in [4.78, 5) is 2.46. The fourth-order valence-corrected chi connectivity index (χ4v) is 8.42. The third-order valence-corrected chi connectivity index (χ3v) is 10.7. The Labute approximate surface area is 306 Å². The van der Waals surface area contributed by atoms with E-state index in [4.69, 9.17) is 4.42 Å². The van der Waals surface area contributed by atoms with Gasteiger partial charge in [-0.2, -0.15) is 0 Å². The number of hydrogen-bond acceptors (Lipinski definition) is 2. The maximum Gasteiger partial charge on any atom is 0.145 e. The van der Waals surface area contributed by atoms with Gasteiger partial charge in [-0.25, -0.2) is 0 Å². The number of anilines is 3. The summed E-state index contributed by atoms with van der Waals surface area (Å²) in [5, 5.41) is 9.47. The highest BCUT2D eigenvalue weighted by Gasteiger charge is 2.25. The molecule has 0 aliphatic rings. The van der Waals surface area contributed by atoms with Gasteiger partial charge in [0, 0.05) is 33.1 Å². The summed E-state index contributed by atoms with van der Waals surface area (Å²) in [6.07, 6.45) is 0. The lowest BCUT2D eigenvalue weighted by Gasteiger charge is -2.28. The van der Waals surface area contributed by atoms with Crippen LogP contribution in [0.5, 0.6) is 0 Å². The second-order valence-corrected chi connectivity index (χ2v) is 13.7. The normalized spacial score (nSPS) is 11.8. The first-order valence-electron chi connectivity index (χ1n) is 18.1. The van der Waals surface area contributed by atoms with Gasteiger partial charge in [-0.15, -0.1) is 0 Å². The molecule has 0 spiro atoms. The van der Waals surface area contributed by atoms with E-state index in [9.17, 15) is 0 Å². The molecule has 9 aromatic carbocycles. The van der Waals surface area contributed by atoms with E-state index < -0.39 is 0 Å². The molecular weight excluding hydrogens is 645 g/mol. The first-order valence-corrected chi connectivity index (χ1v) is 18.1. The smallest absolute Gasteiger partial charge is 0.145 e. The monoisotopic (exact) mass is 676 g/mol. The van der Waals surface area contributed by atoms with Gasteiger partial charge in [-0.3, -0.25) is 0 Å². The van der Waals surface area contributed by atoms with Gasteiger partial charge in [-0.1, -0.05) is 133 Å². The number of furan rings is 1. The van der Waals surface area contributed by atoms with Crippen LogP contribution in [-0.4, -0.2) is 4.57 Å². The van der Waals surface area contributed by atoms with Gasteiger partial charge in [0.1, 0.15) is 11.2 Å². The summed E-state index contributed by atoms with van der Waals surface area (Å²) >= 11 is 0. The lowest BCUT2D eigenvalue weighted by atomic mass is 9.98. The molecule has 0 radical (unpaired) electrons. The van der Waals surface area contributed by atoms with Crippen molar-refractivity contribution in [3.63, 3.8) is 0 Å². The quantitative estimate of drug-likeness (QED) is 0.169. The van der Waals surface area contributed by atoms with Crippen LogP contribution < -0.4 is 4.90 Å². The molecule has 0 saturated heterocycles. The van der Waals surface area contributed by atoms with Crippen LogP contribution in [0.25, 0.3) is 82.1 Å². The summed E-state index contributed by atoms with van der Waals surface area (Å²) in [6.45, 7) is 0.